The molecule has 1 atom stereocenters. The largest absolute Gasteiger partial charge is 0.388 e. The van der Waals surface area contributed by atoms with Crippen LogP contribution in [-0.4, -0.2) is 20.1 Å². The van der Waals surface area contributed by atoms with Crippen LogP contribution in [0.3, 0.4) is 0 Å². The highest BCUT2D eigenvalue weighted by Gasteiger charge is 2.18. The normalized spacial score (nSPS) is 13.3. The van der Waals surface area contributed by atoms with Gasteiger partial charge in [0.1, 0.15) is 10.7 Å². The number of thiophene rings is 1. The number of sulfonamides is 1. The number of nitrogens with one attached hydrogen (secondary N) is 1. The second-order valence-electron chi connectivity index (χ2n) is 4.19. The quantitative estimate of drug-likeness (QED) is 0.859. The van der Waals surface area contributed by atoms with Gasteiger partial charge in [-0.25, -0.2) is 17.5 Å². The SMILES string of the molecule is O=S(=O)(NCCC(O)c1ccsc1)c1ccccc1F. The van der Waals surface area contributed by atoms with Crippen LogP contribution in [0, 0.1) is 5.82 Å². The molecule has 0 aliphatic rings. The summed E-state index contributed by atoms with van der Waals surface area (Å²) in [5.41, 5.74) is 0.750. The van der Waals surface area contributed by atoms with Gasteiger partial charge in [-0.2, -0.15) is 11.3 Å². The van der Waals surface area contributed by atoms with Crippen LogP contribution in [0.15, 0.2) is 46.0 Å². The average Bonchev–Trinajstić information content (AvgIpc) is 2.92. The predicted molar refractivity (Wildman–Crippen MR) is 75.5 cm³/mol. The second kappa shape index (κ2) is 6.45. The van der Waals surface area contributed by atoms with E-state index in [4.69, 9.17) is 0 Å². The predicted octanol–water partition coefficient (Wildman–Crippen LogP) is 2.29. The Kier molecular flexibility index (Phi) is 4.87. The summed E-state index contributed by atoms with van der Waals surface area (Å²) in [5.74, 6) is -0.793. The van der Waals surface area contributed by atoms with E-state index < -0.39 is 21.9 Å². The van der Waals surface area contributed by atoms with Crippen LogP contribution in [0.1, 0.15) is 18.1 Å². The first-order valence-corrected chi connectivity index (χ1v) is 8.37. The van der Waals surface area contributed by atoms with Crippen molar-refractivity contribution < 1.29 is 17.9 Å². The number of aliphatic hydroxyl groups is 1. The van der Waals surface area contributed by atoms with Crippen LogP contribution in [0.4, 0.5) is 4.39 Å². The summed E-state index contributed by atoms with van der Waals surface area (Å²) in [6.45, 7) is 0.0354. The standard InChI is InChI=1S/C13H14FNO3S2/c14-11-3-1-2-4-13(11)20(17,18)15-7-5-12(16)10-6-8-19-9-10/h1-4,6,8-9,12,15-16H,5,7H2. The van der Waals surface area contributed by atoms with Crippen LogP contribution < -0.4 is 4.72 Å². The molecule has 0 radical (unpaired) electrons. The van der Waals surface area contributed by atoms with Crippen molar-refractivity contribution in [3.8, 4) is 0 Å². The number of halogens is 1. The van der Waals surface area contributed by atoms with Crippen molar-refractivity contribution >= 4 is 21.4 Å². The molecule has 4 nitrogen and oxygen atoms in total. The fourth-order valence-electron chi connectivity index (χ4n) is 1.70. The fraction of sp³-hybridized carbons (Fsp3) is 0.231. The van der Waals surface area contributed by atoms with Crippen LogP contribution in [-0.2, 0) is 10.0 Å². The van der Waals surface area contributed by atoms with Gasteiger partial charge in [-0.3, -0.25) is 0 Å². The van der Waals surface area contributed by atoms with Gasteiger partial charge in [0.05, 0.1) is 6.10 Å². The Morgan fingerprint density at radius 2 is 2.05 bits per heavy atom. The van der Waals surface area contributed by atoms with Gasteiger partial charge in [-0.15, -0.1) is 0 Å². The minimum Gasteiger partial charge on any atom is -0.388 e. The lowest BCUT2D eigenvalue weighted by Gasteiger charge is -2.10. The van der Waals surface area contributed by atoms with Crippen molar-refractivity contribution in [2.24, 2.45) is 0 Å². The average molecular weight is 315 g/mol. The maximum atomic E-state index is 13.4. The molecule has 2 rings (SSSR count). The van der Waals surface area contributed by atoms with E-state index in [1.807, 2.05) is 5.38 Å². The van der Waals surface area contributed by atoms with E-state index in [1.165, 1.54) is 29.5 Å². The molecule has 2 N–H and O–H groups in total. The summed E-state index contributed by atoms with van der Waals surface area (Å²) in [6, 6.07) is 6.95. The van der Waals surface area contributed by atoms with Gasteiger partial charge in [-0.1, -0.05) is 12.1 Å². The van der Waals surface area contributed by atoms with Crippen LogP contribution in [0.25, 0.3) is 0 Å². The highest BCUT2D eigenvalue weighted by molar-refractivity contribution is 7.89. The molecular weight excluding hydrogens is 301 g/mol. The molecule has 0 aliphatic carbocycles. The molecule has 0 aliphatic heterocycles. The zero-order valence-corrected chi connectivity index (χ0v) is 12.1. The third-order valence-corrected chi connectivity index (χ3v) is 4.96. The first-order valence-electron chi connectivity index (χ1n) is 5.95. The third-order valence-electron chi connectivity index (χ3n) is 2.76. The molecule has 1 aromatic heterocycles. The Morgan fingerprint density at radius 3 is 2.70 bits per heavy atom. The molecule has 0 saturated carbocycles. The molecule has 0 amide bonds. The van der Waals surface area contributed by atoms with Crippen LogP contribution in [0.2, 0.25) is 0 Å². The van der Waals surface area contributed by atoms with E-state index in [0.29, 0.717) is 0 Å². The van der Waals surface area contributed by atoms with Crippen molar-refractivity contribution in [3.05, 3.63) is 52.5 Å². The molecule has 1 unspecified atom stereocenters. The smallest absolute Gasteiger partial charge is 0.243 e. The molecule has 1 heterocycles. The Morgan fingerprint density at radius 1 is 1.30 bits per heavy atom. The van der Waals surface area contributed by atoms with Gasteiger partial charge < -0.3 is 5.11 Å². The summed E-state index contributed by atoms with van der Waals surface area (Å²) in [7, 11) is -3.89. The van der Waals surface area contributed by atoms with Gasteiger partial charge >= 0.3 is 0 Å². The maximum Gasteiger partial charge on any atom is 0.243 e. The van der Waals surface area contributed by atoms with E-state index in [1.54, 1.807) is 11.4 Å². The van der Waals surface area contributed by atoms with Crippen molar-refractivity contribution in [3.63, 3.8) is 0 Å². The summed E-state index contributed by atoms with van der Waals surface area (Å²) < 4.78 is 39.5. The number of hydrogen-bond donors (Lipinski definition) is 2. The van der Waals surface area contributed by atoms with E-state index >= 15 is 0 Å². The highest BCUT2D eigenvalue weighted by atomic mass is 32.2. The molecule has 0 bridgehead atoms. The van der Waals surface area contributed by atoms with Crippen molar-refractivity contribution in [2.45, 2.75) is 17.4 Å². The van der Waals surface area contributed by atoms with Crippen LogP contribution in [0.5, 0.6) is 0 Å². The van der Waals surface area contributed by atoms with Crippen LogP contribution >= 0.6 is 11.3 Å². The molecule has 0 fully saturated rings. The molecule has 108 valence electrons. The van der Waals surface area contributed by atoms with Gasteiger partial charge in [0.25, 0.3) is 0 Å². The lowest BCUT2D eigenvalue weighted by molar-refractivity contribution is 0.169. The Balaban J connectivity index is 1.95. The molecule has 7 heteroatoms. The summed E-state index contributed by atoms with van der Waals surface area (Å²) >= 11 is 1.46. The molecule has 0 saturated heterocycles. The Hall–Kier alpha value is -1.28. The number of aliphatic hydroxyl groups excluding tert-OH is 1. The fourth-order valence-corrected chi connectivity index (χ4v) is 3.53. The van der Waals surface area contributed by atoms with E-state index in [2.05, 4.69) is 4.72 Å². The lowest BCUT2D eigenvalue weighted by Crippen LogP contribution is -2.26. The van der Waals surface area contributed by atoms with Gasteiger partial charge in [0.15, 0.2) is 0 Å². The number of hydrogen-bond acceptors (Lipinski definition) is 4. The Bertz CT molecular complexity index is 656. The van der Waals surface area contributed by atoms with Crippen molar-refractivity contribution in [1.82, 2.24) is 4.72 Å². The zero-order valence-electron chi connectivity index (χ0n) is 10.5. The van der Waals surface area contributed by atoms with E-state index in [-0.39, 0.29) is 17.9 Å². The molecule has 1 aromatic carbocycles. The van der Waals surface area contributed by atoms with Gasteiger partial charge in [0, 0.05) is 6.54 Å². The first kappa shape index (κ1) is 15.1. The van der Waals surface area contributed by atoms with E-state index in [0.717, 1.165) is 11.6 Å². The highest BCUT2D eigenvalue weighted by Crippen LogP contribution is 2.19. The summed E-state index contributed by atoms with van der Waals surface area (Å²) in [4.78, 5) is -0.384. The van der Waals surface area contributed by atoms with E-state index in [9.17, 15) is 17.9 Å². The minimum atomic E-state index is -3.89. The number of benzene rings is 1. The lowest BCUT2D eigenvalue weighted by atomic mass is 10.1. The monoisotopic (exact) mass is 315 g/mol. The Labute approximate surface area is 120 Å². The second-order valence-corrected chi connectivity index (χ2v) is 6.70. The first-order chi connectivity index (χ1) is 9.50. The number of rotatable bonds is 6. The van der Waals surface area contributed by atoms with Crippen molar-refractivity contribution in [1.29, 1.82) is 0 Å². The molecule has 0 spiro atoms. The molecular formula is C13H14FNO3S2. The maximum absolute atomic E-state index is 13.4. The zero-order chi connectivity index (χ0) is 14.6. The minimum absolute atomic E-state index is 0.0354. The summed E-state index contributed by atoms with van der Waals surface area (Å²) in [6.07, 6.45) is -0.505. The topological polar surface area (TPSA) is 66.4 Å². The third kappa shape index (κ3) is 3.63. The molecule has 20 heavy (non-hydrogen) atoms. The van der Waals surface area contributed by atoms with Gasteiger partial charge in [0.2, 0.25) is 10.0 Å². The van der Waals surface area contributed by atoms with Crippen molar-refractivity contribution in [2.75, 3.05) is 6.54 Å². The molecule has 2 aromatic rings. The summed E-state index contributed by atoms with van der Waals surface area (Å²) in [5, 5.41) is 13.5. The van der Waals surface area contributed by atoms with Gasteiger partial charge in [-0.05, 0) is 40.9 Å².